The number of rotatable bonds is 1. The van der Waals surface area contributed by atoms with Crippen molar-refractivity contribution in [3.05, 3.63) is 24.8 Å². The van der Waals surface area contributed by atoms with Crippen LogP contribution < -0.4 is 5.73 Å². The van der Waals surface area contributed by atoms with Crippen LogP contribution in [0.5, 0.6) is 0 Å². The Hall–Kier alpha value is -0.560. The van der Waals surface area contributed by atoms with E-state index in [1.165, 1.54) is 0 Å². The maximum atomic E-state index is 5.05. The summed E-state index contributed by atoms with van der Waals surface area (Å²) in [6, 6.07) is 0. The first-order valence-electron chi connectivity index (χ1n) is 2.71. The Morgan fingerprint density at radius 2 is 1.88 bits per heavy atom. The minimum Gasteiger partial charge on any atom is -0.327 e. The van der Waals surface area contributed by atoms with E-state index >= 15 is 0 Å². The molecule has 0 aliphatic rings. The van der Waals surface area contributed by atoms with Crippen molar-refractivity contribution in [1.82, 2.24) is 0 Å². The summed E-state index contributed by atoms with van der Waals surface area (Å²) in [5.74, 6) is 0. The lowest BCUT2D eigenvalue weighted by atomic mass is 10.5. The third kappa shape index (κ3) is 51.7. The molecule has 0 bridgehead atoms. The molecule has 0 radical (unpaired) electrons. The first-order chi connectivity index (χ1) is 3.83. The lowest BCUT2D eigenvalue weighted by Gasteiger charge is -1.67. The number of hydrogen-bond donors (Lipinski definition) is 1. The van der Waals surface area contributed by atoms with Gasteiger partial charge in [-0.15, -0.1) is 6.58 Å². The van der Waals surface area contributed by atoms with Gasteiger partial charge in [0.1, 0.15) is 0 Å². The second-order valence-corrected chi connectivity index (χ2v) is 1.21. The van der Waals surface area contributed by atoms with Crippen molar-refractivity contribution < 1.29 is 0 Å². The predicted octanol–water partition coefficient (Wildman–Crippen LogP) is 1.71. The third-order valence-electron chi connectivity index (χ3n) is 0.372. The zero-order valence-electron chi connectivity index (χ0n) is 5.72. The summed E-state index contributed by atoms with van der Waals surface area (Å²) in [4.78, 5) is 0. The molecule has 0 aliphatic carbocycles. The lowest BCUT2D eigenvalue weighted by molar-refractivity contribution is 1.25. The minimum atomic E-state index is 0.663. The highest BCUT2D eigenvalue weighted by atomic mass is 14.5. The van der Waals surface area contributed by atoms with Gasteiger partial charge in [0, 0.05) is 6.54 Å². The van der Waals surface area contributed by atoms with Gasteiger partial charge >= 0.3 is 0 Å². The van der Waals surface area contributed by atoms with Gasteiger partial charge in [-0.2, -0.15) is 0 Å². The predicted molar refractivity (Wildman–Crippen MR) is 39.7 cm³/mol. The summed E-state index contributed by atoms with van der Waals surface area (Å²) in [5, 5.41) is 0. The van der Waals surface area contributed by atoms with Crippen LogP contribution in [0.2, 0.25) is 0 Å². The van der Waals surface area contributed by atoms with Crippen LogP contribution in [0, 0.1) is 0 Å². The Balaban J connectivity index is 0. The Labute approximate surface area is 51.9 Å². The maximum Gasteiger partial charge on any atom is 0.0106 e. The van der Waals surface area contributed by atoms with Gasteiger partial charge in [-0.3, -0.25) is 0 Å². The van der Waals surface area contributed by atoms with Gasteiger partial charge in [-0.25, -0.2) is 0 Å². The van der Waals surface area contributed by atoms with E-state index in [1.807, 2.05) is 26.0 Å². The largest absolute Gasteiger partial charge is 0.327 e. The van der Waals surface area contributed by atoms with Crippen LogP contribution in [-0.2, 0) is 0 Å². The Kier molecular flexibility index (Phi) is 21.0. The van der Waals surface area contributed by atoms with Crippen molar-refractivity contribution >= 4 is 0 Å². The van der Waals surface area contributed by atoms with Crippen LogP contribution in [0.15, 0.2) is 24.8 Å². The van der Waals surface area contributed by atoms with E-state index in [0.29, 0.717) is 6.54 Å². The second kappa shape index (κ2) is 16.1. The highest BCUT2D eigenvalue weighted by molar-refractivity contribution is 4.76. The van der Waals surface area contributed by atoms with Crippen LogP contribution in [0.3, 0.4) is 0 Å². The molecule has 0 aromatic heterocycles. The molecule has 8 heavy (non-hydrogen) atoms. The van der Waals surface area contributed by atoms with E-state index in [4.69, 9.17) is 5.73 Å². The van der Waals surface area contributed by atoms with Gasteiger partial charge in [-0.05, 0) is 13.8 Å². The van der Waals surface area contributed by atoms with E-state index in [0.717, 1.165) is 0 Å². The van der Waals surface area contributed by atoms with Gasteiger partial charge in [0.05, 0.1) is 0 Å². The molecule has 0 aromatic rings. The second-order valence-electron chi connectivity index (χ2n) is 1.21. The molecular formula is C7H15N. The van der Waals surface area contributed by atoms with E-state index in [1.54, 1.807) is 6.08 Å². The first kappa shape index (κ1) is 10.4. The topological polar surface area (TPSA) is 26.0 Å². The molecule has 0 rings (SSSR count). The SMILES string of the molecule is C=CC.CC=CCN. The standard InChI is InChI=1S/C4H9N.C3H6/c1-2-3-4-5;1-3-2/h2-3H,4-5H2,1H3;3H,1H2,2H3. The normalized spacial score (nSPS) is 7.88. The molecule has 1 heteroatoms. The van der Waals surface area contributed by atoms with Crippen molar-refractivity contribution in [2.45, 2.75) is 13.8 Å². The first-order valence-corrected chi connectivity index (χ1v) is 2.71. The number of allylic oxidation sites excluding steroid dienone is 2. The quantitative estimate of drug-likeness (QED) is 0.515. The lowest BCUT2D eigenvalue weighted by Crippen LogP contribution is -1.90. The van der Waals surface area contributed by atoms with Crippen molar-refractivity contribution in [2.24, 2.45) is 5.73 Å². The number of hydrogen-bond acceptors (Lipinski definition) is 1. The molecule has 48 valence electrons. The van der Waals surface area contributed by atoms with Gasteiger partial charge in [0.25, 0.3) is 0 Å². The Morgan fingerprint density at radius 3 is 1.88 bits per heavy atom. The number of nitrogens with two attached hydrogens (primary N) is 1. The van der Waals surface area contributed by atoms with E-state index < -0.39 is 0 Å². The van der Waals surface area contributed by atoms with Crippen molar-refractivity contribution in [1.29, 1.82) is 0 Å². The van der Waals surface area contributed by atoms with Crippen LogP contribution in [0.1, 0.15) is 13.8 Å². The summed E-state index contributed by atoms with van der Waals surface area (Å²) < 4.78 is 0. The highest BCUT2D eigenvalue weighted by Gasteiger charge is 1.51. The van der Waals surface area contributed by atoms with E-state index in [2.05, 4.69) is 6.58 Å². The molecule has 0 spiro atoms. The molecular weight excluding hydrogens is 98.1 g/mol. The molecule has 0 fully saturated rings. The fourth-order valence-corrected chi connectivity index (χ4v) is 0.136. The Bertz CT molecular complexity index is 55.4. The molecule has 0 heterocycles. The fraction of sp³-hybridized carbons (Fsp3) is 0.429. The van der Waals surface area contributed by atoms with E-state index in [9.17, 15) is 0 Å². The molecule has 0 aliphatic heterocycles. The average Bonchev–Trinajstić information content (AvgIpc) is 1.71. The molecule has 0 saturated carbocycles. The molecule has 2 N–H and O–H groups in total. The Morgan fingerprint density at radius 1 is 1.50 bits per heavy atom. The smallest absolute Gasteiger partial charge is 0.0106 e. The summed E-state index contributed by atoms with van der Waals surface area (Å²) in [6.07, 6.45) is 5.58. The van der Waals surface area contributed by atoms with Gasteiger partial charge in [-0.1, -0.05) is 18.2 Å². The van der Waals surface area contributed by atoms with Crippen molar-refractivity contribution in [2.75, 3.05) is 6.54 Å². The molecule has 1 nitrogen and oxygen atoms in total. The molecule has 0 amide bonds. The molecule has 0 atom stereocenters. The van der Waals surface area contributed by atoms with Crippen LogP contribution in [-0.4, -0.2) is 6.54 Å². The summed E-state index contributed by atoms with van der Waals surface area (Å²) >= 11 is 0. The minimum absolute atomic E-state index is 0.663. The van der Waals surface area contributed by atoms with Gasteiger partial charge < -0.3 is 5.73 Å². The van der Waals surface area contributed by atoms with Gasteiger partial charge in [0.2, 0.25) is 0 Å². The molecule has 0 unspecified atom stereocenters. The maximum absolute atomic E-state index is 5.05. The van der Waals surface area contributed by atoms with Crippen LogP contribution in [0.4, 0.5) is 0 Å². The third-order valence-corrected chi connectivity index (χ3v) is 0.372. The monoisotopic (exact) mass is 113 g/mol. The van der Waals surface area contributed by atoms with Crippen molar-refractivity contribution in [3.8, 4) is 0 Å². The summed E-state index contributed by atoms with van der Waals surface area (Å²) in [5.41, 5.74) is 5.05. The average molecular weight is 113 g/mol. The van der Waals surface area contributed by atoms with Crippen LogP contribution in [0.25, 0.3) is 0 Å². The van der Waals surface area contributed by atoms with Crippen LogP contribution >= 0.6 is 0 Å². The zero-order valence-corrected chi connectivity index (χ0v) is 5.72. The molecule has 0 aromatic carbocycles. The van der Waals surface area contributed by atoms with E-state index in [-0.39, 0.29) is 0 Å². The zero-order chi connectivity index (χ0) is 6.83. The molecule has 0 saturated heterocycles. The van der Waals surface area contributed by atoms with Gasteiger partial charge in [0.15, 0.2) is 0 Å². The highest BCUT2D eigenvalue weighted by Crippen LogP contribution is 1.57. The summed E-state index contributed by atoms with van der Waals surface area (Å²) in [6.45, 7) is 7.86. The fourth-order valence-electron chi connectivity index (χ4n) is 0.136. The summed E-state index contributed by atoms with van der Waals surface area (Å²) in [7, 11) is 0. The van der Waals surface area contributed by atoms with Crippen molar-refractivity contribution in [3.63, 3.8) is 0 Å².